The molecule has 1 aromatic carbocycles. The summed E-state index contributed by atoms with van der Waals surface area (Å²) in [5.41, 5.74) is 6.80. The number of aromatic nitrogens is 1. The van der Waals surface area contributed by atoms with Crippen molar-refractivity contribution < 1.29 is 4.39 Å². The van der Waals surface area contributed by atoms with Gasteiger partial charge in [-0.1, -0.05) is 11.6 Å². The molecule has 3 N–H and O–H groups in total. The smallest absolute Gasteiger partial charge is 0.153 e. The zero-order valence-electron chi connectivity index (χ0n) is 8.55. The lowest BCUT2D eigenvalue weighted by molar-refractivity contribution is 0.628. The number of hydrogen-bond acceptors (Lipinski definition) is 3. The van der Waals surface area contributed by atoms with Gasteiger partial charge in [0.05, 0.1) is 16.4 Å². The Morgan fingerprint density at radius 1 is 1.35 bits per heavy atom. The minimum Gasteiger partial charge on any atom is -0.396 e. The second-order valence-electron chi connectivity index (χ2n) is 3.34. The third-order valence-electron chi connectivity index (χ3n) is 2.07. The van der Waals surface area contributed by atoms with Crippen LogP contribution in [0.1, 0.15) is 0 Å². The fourth-order valence-electron chi connectivity index (χ4n) is 1.28. The van der Waals surface area contributed by atoms with E-state index in [0.717, 1.165) is 4.47 Å². The second-order valence-corrected chi connectivity index (χ2v) is 4.66. The van der Waals surface area contributed by atoms with E-state index in [1.54, 1.807) is 12.3 Å². The topological polar surface area (TPSA) is 50.9 Å². The Balaban J connectivity index is 2.31. The van der Waals surface area contributed by atoms with Gasteiger partial charge in [-0.15, -0.1) is 0 Å². The van der Waals surface area contributed by atoms with Gasteiger partial charge in [-0.2, -0.15) is 0 Å². The molecule has 0 atom stereocenters. The van der Waals surface area contributed by atoms with Gasteiger partial charge in [-0.05, 0) is 40.2 Å². The van der Waals surface area contributed by atoms with Crippen molar-refractivity contribution in [3.05, 3.63) is 45.8 Å². The number of nitrogens with two attached hydrogens (primary N) is 1. The van der Waals surface area contributed by atoms with Gasteiger partial charge in [0.25, 0.3) is 0 Å². The predicted molar refractivity (Wildman–Crippen MR) is 71.0 cm³/mol. The Bertz CT molecular complexity index is 513. The summed E-state index contributed by atoms with van der Waals surface area (Å²) >= 11 is 9.14. The fraction of sp³-hybridized carbons (Fsp3) is 0. The van der Waals surface area contributed by atoms with Gasteiger partial charge in [0.15, 0.2) is 5.82 Å². The molecule has 0 unspecified atom stereocenters. The Kier molecular flexibility index (Phi) is 3.49. The molecule has 0 saturated carbocycles. The first-order chi connectivity index (χ1) is 8.06. The molecule has 0 saturated heterocycles. The van der Waals surface area contributed by atoms with Crippen LogP contribution in [0.3, 0.4) is 0 Å². The first kappa shape index (κ1) is 12.1. The molecule has 0 radical (unpaired) electrons. The van der Waals surface area contributed by atoms with E-state index in [9.17, 15) is 4.39 Å². The van der Waals surface area contributed by atoms with Crippen LogP contribution in [0.25, 0.3) is 0 Å². The molecule has 0 spiro atoms. The third-order valence-corrected chi connectivity index (χ3v) is 2.81. The van der Waals surface area contributed by atoms with Gasteiger partial charge in [-0.25, -0.2) is 9.37 Å². The fourth-order valence-corrected chi connectivity index (χ4v) is 1.84. The molecule has 6 heteroatoms. The largest absolute Gasteiger partial charge is 0.396 e. The van der Waals surface area contributed by atoms with Gasteiger partial charge in [-0.3, -0.25) is 0 Å². The molecule has 0 aliphatic carbocycles. The minimum atomic E-state index is -0.391. The third kappa shape index (κ3) is 2.87. The van der Waals surface area contributed by atoms with Crippen molar-refractivity contribution in [2.75, 3.05) is 11.1 Å². The number of nitrogens with one attached hydrogen (secondary N) is 1. The molecule has 0 fully saturated rings. The predicted octanol–water partition coefficient (Wildman–Crippen LogP) is 3.96. The van der Waals surface area contributed by atoms with Crippen LogP contribution in [0.4, 0.5) is 21.6 Å². The van der Waals surface area contributed by atoms with E-state index in [4.69, 9.17) is 17.3 Å². The van der Waals surface area contributed by atoms with Gasteiger partial charge < -0.3 is 11.1 Å². The molecule has 0 amide bonds. The highest BCUT2D eigenvalue weighted by Gasteiger charge is 2.06. The molecule has 0 aliphatic heterocycles. The quantitative estimate of drug-likeness (QED) is 0.881. The average Bonchev–Trinajstić information content (AvgIpc) is 2.25. The lowest BCUT2D eigenvalue weighted by Gasteiger charge is -2.09. The molecule has 2 rings (SSSR count). The van der Waals surface area contributed by atoms with Crippen molar-refractivity contribution in [3.8, 4) is 0 Å². The number of nitrogens with zero attached hydrogens (tertiary/aromatic N) is 1. The van der Waals surface area contributed by atoms with Gasteiger partial charge in [0.1, 0.15) is 5.82 Å². The van der Waals surface area contributed by atoms with Crippen molar-refractivity contribution in [3.63, 3.8) is 0 Å². The summed E-state index contributed by atoms with van der Waals surface area (Å²) < 4.78 is 13.6. The Hall–Kier alpha value is -1.33. The standard InChI is InChI=1S/C11H8BrClFN3/c12-6-3-9(15)11(16-5-6)17-10-2-1-7(14)4-8(10)13/h1-5H,15H2,(H,16,17). The van der Waals surface area contributed by atoms with E-state index in [2.05, 4.69) is 26.2 Å². The lowest BCUT2D eigenvalue weighted by atomic mass is 10.3. The molecular weight excluding hydrogens is 308 g/mol. The van der Waals surface area contributed by atoms with Crippen LogP contribution in [-0.2, 0) is 0 Å². The summed E-state index contributed by atoms with van der Waals surface area (Å²) in [7, 11) is 0. The first-order valence-electron chi connectivity index (χ1n) is 4.69. The number of anilines is 3. The monoisotopic (exact) mass is 315 g/mol. The maximum Gasteiger partial charge on any atom is 0.153 e. The molecule has 17 heavy (non-hydrogen) atoms. The van der Waals surface area contributed by atoms with Crippen LogP contribution >= 0.6 is 27.5 Å². The zero-order chi connectivity index (χ0) is 12.4. The molecule has 1 heterocycles. The van der Waals surface area contributed by atoms with Crippen LogP contribution in [0.5, 0.6) is 0 Å². The SMILES string of the molecule is Nc1cc(Br)cnc1Nc1ccc(F)cc1Cl. The number of hydrogen-bond donors (Lipinski definition) is 2. The molecular formula is C11H8BrClFN3. The molecule has 2 aromatic rings. The van der Waals surface area contributed by atoms with Crippen LogP contribution in [0.15, 0.2) is 34.9 Å². The van der Waals surface area contributed by atoms with E-state index in [0.29, 0.717) is 17.2 Å². The Morgan fingerprint density at radius 2 is 2.12 bits per heavy atom. The summed E-state index contributed by atoms with van der Waals surface area (Å²) in [6.45, 7) is 0. The van der Waals surface area contributed by atoms with Crippen LogP contribution in [0, 0.1) is 5.82 Å². The first-order valence-corrected chi connectivity index (χ1v) is 5.86. The van der Waals surface area contributed by atoms with Crippen molar-refractivity contribution in [1.29, 1.82) is 0 Å². The Labute approximate surface area is 111 Å². The van der Waals surface area contributed by atoms with Crippen molar-refractivity contribution in [2.45, 2.75) is 0 Å². The number of rotatable bonds is 2. The van der Waals surface area contributed by atoms with E-state index >= 15 is 0 Å². The molecule has 0 bridgehead atoms. The summed E-state index contributed by atoms with van der Waals surface area (Å²) in [4.78, 5) is 4.10. The van der Waals surface area contributed by atoms with Crippen molar-refractivity contribution >= 4 is 44.7 Å². The highest BCUT2D eigenvalue weighted by Crippen LogP contribution is 2.28. The number of pyridine rings is 1. The number of halogens is 3. The molecule has 0 aliphatic rings. The molecule has 1 aromatic heterocycles. The maximum atomic E-state index is 12.9. The van der Waals surface area contributed by atoms with Crippen molar-refractivity contribution in [1.82, 2.24) is 4.98 Å². The summed E-state index contributed by atoms with van der Waals surface area (Å²) in [5.74, 6) is 0.0824. The average molecular weight is 317 g/mol. The van der Waals surface area contributed by atoms with E-state index in [1.807, 2.05) is 0 Å². The van der Waals surface area contributed by atoms with Crippen LogP contribution in [0.2, 0.25) is 5.02 Å². The summed E-state index contributed by atoms with van der Waals surface area (Å²) in [5, 5.41) is 3.21. The molecule has 3 nitrogen and oxygen atoms in total. The summed E-state index contributed by atoms with van der Waals surface area (Å²) in [6, 6.07) is 5.77. The van der Waals surface area contributed by atoms with E-state index < -0.39 is 5.82 Å². The van der Waals surface area contributed by atoms with Gasteiger partial charge >= 0.3 is 0 Å². The van der Waals surface area contributed by atoms with Crippen LogP contribution < -0.4 is 11.1 Å². The van der Waals surface area contributed by atoms with E-state index in [-0.39, 0.29) is 5.02 Å². The molecule has 88 valence electrons. The maximum absolute atomic E-state index is 12.9. The Morgan fingerprint density at radius 3 is 2.76 bits per heavy atom. The lowest BCUT2D eigenvalue weighted by Crippen LogP contribution is -1.99. The van der Waals surface area contributed by atoms with E-state index in [1.165, 1.54) is 18.2 Å². The highest BCUT2D eigenvalue weighted by molar-refractivity contribution is 9.10. The second kappa shape index (κ2) is 4.89. The highest BCUT2D eigenvalue weighted by atomic mass is 79.9. The van der Waals surface area contributed by atoms with Crippen LogP contribution in [-0.4, -0.2) is 4.98 Å². The summed E-state index contributed by atoms with van der Waals surface area (Å²) in [6.07, 6.45) is 1.61. The minimum absolute atomic E-state index is 0.272. The number of benzene rings is 1. The van der Waals surface area contributed by atoms with Gasteiger partial charge in [0.2, 0.25) is 0 Å². The zero-order valence-corrected chi connectivity index (χ0v) is 10.9. The normalized spacial score (nSPS) is 10.3. The van der Waals surface area contributed by atoms with Gasteiger partial charge in [0, 0.05) is 10.7 Å². The van der Waals surface area contributed by atoms with Crippen molar-refractivity contribution in [2.24, 2.45) is 0 Å². The number of nitrogen functional groups attached to an aromatic ring is 1.